The van der Waals surface area contributed by atoms with Gasteiger partial charge in [-0.1, -0.05) is 0 Å². The lowest BCUT2D eigenvalue weighted by molar-refractivity contribution is 0.112. The number of carbonyl (C=O) groups excluding carboxylic acids is 1. The van der Waals surface area contributed by atoms with Gasteiger partial charge in [0.2, 0.25) is 0 Å². The fourth-order valence-corrected chi connectivity index (χ4v) is 2.53. The zero-order valence-corrected chi connectivity index (χ0v) is 10.8. The van der Waals surface area contributed by atoms with Crippen molar-refractivity contribution in [1.82, 2.24) is 24.9 Å². The Morgan fingerprint density at radius 2 is 2.11 bits per heavy atom. The van der Waals surface area contributed by atoms with Gasteiger partial charge in [0, 0.05) is 11.8 Å². The second-order valence-corrected chi connectivity index (χ2v) is 4.87. The molecule has 7 heteroatoms. The number of nitrogens with one attached hydrogen (secondary N) is 1. The van der Waals surface area contributed by atoms with Gasteiger partial charge in [0.25, 0.3) is 0 Å². The SMILES string of the molecule is Cc1cc(C=O)cnc1Sc1ncnc2nc[nH]c12. The highest BCUT2D eigenvalue weighted by atomic mass is 32.2. The minimum Gasteiger partial charge on any atom is -0.341 e. The van der Waals surface area contributed by atoms with E-state index in [1.807, 2.05) is 6.92 Å². The summed E-state index contributed by atoms with van der Waals surface area (Å²) in [5.41, 5.74) is 2.91. The van der Waals surface area contributed by atoms with Crippen molar-refractivity contribution in [3.63, 3.8) is 0 Å². The lowest BCUT2D eigenvalue weighted by Crippen LogP contribution is -1.92. The van der Waals surface area contributed by atoms with Crippen molar-refractivity contribution < 1.29 is 4.79 Å². The number of H-pyrrole nitrogens is 1. The number of carbonyl (C=O) groups is 1. The first kappa shape index (κ1) is 11.8. The Morgan fingerprint density at radius 3 is 2.89 bits per heavy atom. The summed E-state index contributed by atoms with van der Waals surface area (Å²) < 4.78 is 0. The van der Waals surface area contributed by atoms with Crippen LogP contribution in [0, 0.1) is 6.92 Å². The van der Waals surface area contributed by atoms with Crippen LogP contribution in [0.2, 0.25) is 0 Å². The van der Waals surface area contributed by atoms with Gasteiger partial charge in [0.05, 0.1) is 6.33 Å². The molecule has 94 valence electrons. The number of pyridine rings is 1. The first-order valence-corrected chi connectivity index (χ1v) is 6.33. The molecule has 0 amide bonds. The van der Waals surface area contributed by atoms with E-state index in [4.69, 9.17) is 0 Å². The van der Waals surface area contributed by atoms with Crippen molar-refractivity contribution in [2.75, 3.05) is 0 Å². The molecule has 0 aliphatic rings. The molecule has 0 saturated heterocycles. The van der Waals surface area contributed by atoms with Gasteiger partial charge in [-0.25, -0.2) is 19.9 Å². The molecule has 0 aliphatic heterocycles. The first-order valence-electron chi connectivity index (χ1n) is 5.51. The Kier molecular flexibility index (Phi) is 2.96. The van der Waals surface area contributed by atoms with Crippen molar-refractivity contribution in [3.05, 3.63) is 36.0 Å². The van der Waals surface area contributed by atoms with Gasteiger partial charge in [0.1, 0.15) is 21.9 Å². The van der Waals surface area contributed by atoms with Crippen LogP contribution < -0.4 is 0 Å². The molecule has 0 bridgehead atoms. The zero-order chi connectivity index (χ0) is 13.2. The minimum absolute atomic E-state index is 0.566. The van der Waals surface area contributed by atoms with E-state index in [0.717, 1.165) is 27.4 Å². The maximum absolute atomic E-state index is 10.7. The number of hydrogen-bond acceptors (Lipinski definition) is 6. The molecule has 3 rings (SSSR count). The molecule has 0 radical (unpaired) electrons. The molecule has 3 aromatic heterocycles. The van der Waals surface area contributed by atoms with Crippen molar-refractivity contribution in [2.24, 2.45) is 0 Å². The number of fused-ring (bicyclic) bond motifs is 1. The van der Waals surface area contributed by atoms with Crippen LogP contribution in [-0.2, 0) is 0 Å². The summed E-state index contributed by atoms with van der Waals surface area (Å²) in [6.45, 7) is 1.91. The van der Waals surface area contributed by atoms with Crippen LogP contribution in [0.25, 0.3) is 11.2 Å². The van der Waals surface area contributed by atoms with E-state index in [1.54, 1.807) is 18.6 Å². The standard InChI is InChI=1S/C12H9N5OS/c1-7-2-8(4-18)3-13-11(7)19-12-9-10(15-5-14-9)16-6-17-12/h2-6H,1H3,(H,14,15,16,17). The Hall–Kier alpha value is -2.28. The number of aldehydes is 1. The Morgan fingerprint density at radius 1 is 1.21 bits per heavy atom. The summed E-state index contributed by atoms with van der Waals surface area (Å²) in [5.74, 6) is 0. The molecule has 6 nitrogen and oxygen atoms in total. The summed E-state index contributed by atoms with van der Waals surface area (Å²) in [6.07, 6.45) is 5.39. The number of imidazole rings is 1. The number of aromatic nitrogens is 5. The molecule has 1 N–H and O–H groups in total. The lowest BCUT2D eigenvalue weighted by atomic mass is 10.2. The molecule has 0 atom stereocenters. The molecule has 3 heterocycles. The molecule has 0 fully saturated rings. The monoisotopic (exact) mass is 271 g/mol. The van der Waals surface area contributed by atoms with Crippen molar-refractivity contribution in [1.29, 1.82) is 0 Å². The van der Waals surface area contributed by atoms with Crippen LogP contribution in [0.1, 0.15) is 15.9 Å². The molecule has 0 aromatic carbocycles. The number of rotatable bonds is 3. The van der Waals surface area contributed by atoms with Crippen LogP contribution in [0.4, 0.5) is 0 Å². The summed E-state index contributed by atoms with van der Waals surface area (Å²) in [5, 5.41) is 1.57. The molecule has 0 unspecified atom stereocenters. The lowest BCUT2D eigenvalue weighted by Gasteiger charge is -2.04. The minimum atomic E-state index is 0.566. The fraction of sp³-hybridized carbons (Fsp3) is 0.0833. The Bertz CT molecular complexity index is 755. The number of nitrogens with zero attached hydrogens (tertiary/aromatic N) is 4. The molecular weight excluding hydrogens is 262 g/mol. The van der Waals surface area contributed by atoms with E-state index in [2.05, 4.69) is 24.9 Å². The maximum Gasteiger partial charge on any atom is 0.181 e. The summed E-state index contributed by atoms with van der Waals surface area (Å²) >= 11 is 1.42. The largest absolute Gasteiger partial charge is 0.341 e. The maximum atomic E-state index is 10.7. The highest BCUT2D eigenvalue weighted by Gasteiger charge is 2.10. The van der Waals surface area contributed by atoms with Gasteiger partial charge in [0.15, 0.2) is 11.9 Å². The summed E-state index contributed by atoms with van der Waals surface area (Å²) in [7, 11) is 0. The van der Waals surface area contributed by atoms with E-state index in [1.165, 1.54) is 18.1 Å². The smallest absolute Gasteiger partial charge is 0.181 e. The second kappa shape index (κ2) is 4.77. The average Bonchev–Trinajstić information content (AvgIpc) is 2.90. The molecule has 3 aromatic rings. The molecular formula is C12H9N5OS. The topological polar surface area (TPSA) is 84.4 Å². The third-order valence-corrected chi connectivity index (χ3v) is 3.69. The third kappa shape index (κ3) is 2.19. The molecule has 0 spiro atoms. The van der Waals surface area contributed by atoms with E-state index in [0.29, 0.717) is 11.2 Å². The van der Waals surface area contributed by atoms with Crippen LogP contribution >= 0.6 is 11.8 Å². The molecule has 0 aliphatic carbocycles. The van der Waals surface area contributed by atoms with Gasteiger partial charge < -0.3 is 4.98 Å². The molecule has 0 saturated carbocycles. The van der Waals surface area contributed by atoms with Crippen molar-refractivity contribution in [2.45, 2.75) is 17.0 Å². The van der Waals surface area contributed by atoms with Gasteiger partial charge in [-0.05, 0) is 30.3 Å². The third-order valence-electron chi connectivity index (χ3n) is 2.57. The highest BCUT2D eigenvalue weighted by molar-refractivity contribution is 7.99. The van der Waals surface area contributed by atoms with Gasteiger partial charge in [-0.2, -0.15) is 0 Å². The Labute approximate surface area is 112 Å². The normalized spacial score (nSPS) is 10.8. The van der Waals surface area contributed by atoms with E-state index < -0.39 is 0 Å². The van der Waals surface area contributed by atoms with Gasteiger partial charge in [-0.3, -0.25) is 4.79 Å². The van der Waals surface area contributed by atoms with E-state index >= 15 is 0 Å². The quantitative estimate of drug-likeness (QED) is 0.579. The number of hydrogen-bond donors (Lipinski definition) is 1. The van der Waals surface area contributed by atoms with Crippen LogP contribution in [0.5, 0.6) is 0 Å². The van der Waals surface area contributed by atoms with Crippen LogP contribution in [0.15, 0.2) is 35.0 Å². The molecule has 19 heavy (non-hydrogen) atoms. The first-order chi connectivity index (χ1) is 9.28. The highest BCUT2D eigenvalue weighted by Crippen LogP contribution is 2.30. The van der Waals surface area contributed by atoms with E-state index in [-0.39, 0.29) is 0 Å². The van der Waals surface area contributed by atoms with Crippen LogP contribution in [0.3, 0.4) is 0 Å². The zero-order valence-electron chi connectivity index (χ0n) is 9.99. The number of aromatic amines is 1. The summed E-state index contributed by atoms with van der Waals surface area (Å²) in [6, 6.07) is 1.80. The predicted octanol–water partition coefficient (Wildman–Crippen LogP) is 2.02. The van der Waals surface area contributed by atoms with Gasteiger partial charge >= 0.3 is 0 Å². The Balaban J connectivity index is 2.01. The van der Waals surface area contributed by atoms with E-state index in [9.17, 15) is 4.79 Å². The predicted molar refractivity (Wildman–Crippen MR) is 70.2 cm³/mol. The fourth-order valence-electron chi connectivity index (χ4n) is 1.67. The summed E-state index contributed by atoms with van der Waals surface area (Å²) in [4.78, 5) is 30.3. The van der Waals surface area contributed by atoms with Crippen molar-refractivity contribution >= 4 is 29.2 Å². The second-order valence-electron chi connectivity index (χ2n) is 3.89. The van der Waals surface area contributed by atoms with Crippen molar-refractivity contribution in [3.8, 4) is 0 Å². The van der Waals surface area contributed by atoms with Gasteiger partial charge in [-0.15, -0.1) is 0 Å². The number of aryl methyl sites for hydroxylation is 1. The average molecular weight is 271 g/mol. The van der Waals surface area contributed by atoms with Crippen LogP contribution in [-0.4, -0.2) is 31.2 Å².